The number of halogens is 2. The van der Waals surface area contributed by atoms with E-state index in [0.717, 1.165) is 41.5 Å². The van der Waals surface area contributed by atoms with Crippen LogP contribution in [0.25, 0.3) is 0 Å². The monoisotopic (exact) mass is 520 g/mol. The molecule has 1 unspecified atom stereocenters. The van der Waals surface area contributed by atoms with Gasteiger partial charge in [0.2, 0.25) is 11.8 Å². The van der Waals surface area contributed by atoms with Crippen molar-refractivity contribution in [3.8, 4) is 5.75 Å². The average Bonchev–Trinajstić information content (AvgIpc) is 3.30. The maximum Gasteiger partial charge on any atom is 0.242 e. The predicted octanol–water partition coefficient (Wildman–Crippen LogP) is 5.74. The molecule has 0 aromatic heterocycles. The van der Waals surface area contributed by atoms with E-state index in [4.69, 9.17) is 16.3 Å². The van der Waals surface area contributed by atoms with Crippen LogP contribution in [-0.2, 0) is 16.1 Å². The van der Waals surface area contributed by atoms with E-state index in [1.807, 2.05) is 31.2 Å². The van der Waals surface area contributed by atoms with Crippen molar-refractivity contribution >= 4 is 39.3 Å². The highest BCUT2D eigenvalue weighted by molar-refractivity contribution is 9.10. The van der Waals surface area contributed by atoms with E-state index in [9.17, 15) is 9.59 Å². The third-order valence-corrected chi connectivity index (χ3v) is 6.53. The van der Waals surface area contributed by atoms with Gasteiger partial charge in [-0.15, -0.1) is 0 Å². The standard InChI is InChI=1S/C25H30BrClN2O3/c1-18(25(31)28-22-5-2-3-6-22)29(17-19-8-10-20(26)11-9-19)24(30)7-4-16-32-23-14-12-21(27)13-15-23/h8-15,18,22H,2-7,16-17H2,1H3,(H,28,31). The molecule has 2 amide bonds. The number of hydrogen-bond donors (Lipinski definition) is 1. The Balaban J connectivity index is 1.59. The van der Waals surface area contributed by atoms with Crippen LogP contribution in [-0.4, -0.2) is 35.4 Å². The van der Waals surface area contributed by atoms with Crippen molar-refractivity contribution in [2.45, 2.75) is 64.1 Å². The van der Waals surface area contributed by atoms with Crippen molar-refractivity contribution in [1.82, 2.24) is 10.2 Å². The Labute approximate surface area is 203 Å². The summed E-state index contributed by atoms with van der Waals surface area (Å²) in [6.07, 6.45) is 5.20. The number of nitrogens with zero attached hydrogens (tertiary/aromatic N) is 1. The van der Waals surface area contributed by atoms with Gasteiger partial charge in [0.05, 0.1) is 6.61 Å². The fourth-order valence-electron chi connectivity index (χ4n) is 3.85. The van der Waals surface area contributed by atoms with Gasteiger partial charge in [-0.1, -0.05) is 52.5 Å². The number of amides is 2. The smallest absolute Gasteiger partial charge is 0.242 e. The highest BCUT2D eigenvalue weighted by Crippen LogP contribution is 2.20. The molecule has 0 saturated heterocycles. The molecule has 2 aromatic carbocycles. The minimum Gasteiger partial charge on any atom is -0.494 e. The Morgan fingerprint density at radius 2 is 1.78 bits per heavy atom. The summed E-state index contributed by atoms with van der Waals surface area (Å²) in [7, 11) is 0. The maximum absolute atomic E-state index is 13.1. The summed E-state index contributed by atoms with van der Waals surface area (Å²) in [6.45, 7) is 2.62. The molecule has 0 spiro atoms. The molecule has 0 bridgehead atoms. The molecule has 1 aliphatic rings. The number of hydrogen-bond acceptors (Lipinski definition) is 3. The Bertz CT molecular complexity index is 883. The fraction of sp³-hybridized carbons (Fsp3) is 0.440. The van der Waals surface area contributed by atoms with Crippen LogP contribution < -0.4 is 10.1 Å². The van der Waals surface area contributed by atoms with Gasteiger partial charge in [-0.3, -0.25) is 9.59 Å². The van der Waals surface area contributed by atoms with E-state index in [1.54, 1.807) is 29.2 Å². The zero-order valence-corrected chi connectivity index (χ0v) is 20.7. The lowest BCUT2D eigenvalue weighted by Crippen LogP contribution is -2.49. The molecule has 172 valence electrons. The number of ether oxygens (including phenoxy) is 1. The summed E-state index contributed by atoms with van der Waals surface area (Å²) in [6, 6.07) is 14.7. The van der Waals surface area contributed by atoms with Gasteiger partial charge >= 0.3 is 0 Å². The highest BCUT2D eigenvalue weighted by Gasteiger charge is 2.28. The molecule has 32 heavy (non-hydrogen) atoms. The molecule has 7 heteroatoms. The predicted molar refractivity (Wildman–Crippen MR) is 131 cm³/mol. The van der Waals surface area contributed by atoms with Crippen molar-refractivity contribution in [2.24, 2.45) is 0 Å². The van der Waals surface area contributed by atoms with Crippen LogP contribution >= 0.6 is 27.5 Å². The molecule has 0 radical (unpaired) electrons. The van der Waals surface area contributed by atoms with Gasteiger partial charge in [-0.25, -0.2) is 0 Å². The van der Waals surface area contributed by atoms with E-state index < -0.39 is 6.04 Å². The van der Waals surface area contributed by atoms with Gasteiger partial charge in [0.15, 0.2) is 0 Å². The molecular formula is C25H30BrClN2O3. The van der Waals surface area contributed by atoms with Crippen molar-refractivity contribution in [3.63, 3.8) is 0 Å². The molecule has 0 aliphatic heterocycles. The summed E-state index contributed by atoms with van der Waals surface area (Å²) < 4.78 is 6.68. The summed E-state index contributed by atoms with van der Waals surface area (Å²) in [5.74, 6) is 0.583. The Hall–Kier alpha value is -2.05. The Morgan fingerprint density at radius 1 is 1.12 bits per heavy atom. The summed E-state index contributed by atoms with van der Waals surface area (Å²) in [5, 5.41) is 3.78. The normalized spacial score (nSPS) is 14.7. The van der Waals surface area contributed by atoms with Crippen molar-refractivity contribution in [3.05, 3.63) is 63.6 Å². The largest absolute Gasteiger partial charge is 0.494 e. The van der Waals surface area contributed by atoms with E-state index in [2.05, 4.69) is 21.2 Å². The molecule has 1 aliphatic carbocycles. The van der Waals surface area contributed by atoms with E-state index >= 15 is 0 Å². The molecule has 1 saturated carbocycles. The second-order valence-corrected chi connectivity index (χ2v) is 9.57. The first-order valence-electron chi connectivity index (χ1n) is 11.1. The van der Waals surface area contributed by atoms with Gasteiger partial charge in [0.1, 0.15) is 11.8 Å². The first kappa shape index (κ1) is 24.6. The van der Waals surface area contributed by atoms with E-state index in [0.29, 0.717) is 31.0 Å². The topological polar surface area (TPSA) is 58.6 Å². The van der Waals surface area contributed by atoms with Crippen LogP contribution in [0.15, 0.2) is 53.0 Å². The fourth-order valence-corrected chi connectivity index (χ4v) is 4.24. The lowest BCUT2D eigenvalue weighted by Gasteiger charge is -2.30. The van der Waals surface area contributed by atoms with E-state index in [1.165, 1.54) is 0 Å². The van der Waals surface area contributed by atoms with Gasteiger partial charge < -0.3 is 15.0 Å². The first-order valence-corrected chi connectivity index (χ1v) is 12.3. The first-order chi connectivity index (χ1) is 15.4. The van der Waals surface area contributed by atoms with Crippen molar-refractivity contribution in [1.29, 1.82) is 0 Å². The number of nitrogens with one attached hydrogen (secondary N) is 1. The van der Waals surface area contributed by atoms with Crippen molar-refractivity contribution in [2.75, 3.05) is 6.61 Å². The second-order valence-electron chi connectivity index (χ2n) is 8.22. The van der Waals surface area contributed by atoms with Crippen LogP contribution in [0.4, 0.5) is 0 Å². The van der Waals surface area contributed by atoms with Gasteiger partial charge in [-0.05, 0) is 68.1 Å². The molecular weight excluding hydrogens is 492 g/mol. The third-order valence-electron chi connectivity index (χ3n) is 5.75. The van der Waals surface area contributed by atoms with E-state index in [-0.39, 0.29) is 17.9 Å². The molecule has 0 heterocycles. The zero-order chi connectivity index (χ0) is 22.9. The summed E-state index contributed by atoms with van der Waals surface area (Å²) >= 11 is 9.33. The lowest BCUT2D eigenvalue weighted by molar-refractivity contribution is -0.141. The lowest BCUT2D eigenvalue weighted by atomic mass is 10.1. The molecule has 5 nitrogen and oxygen atoms in total. The van der Waals surface area contributed by atoms with Gasteiger partial charge in [0.25, 0.3) is 0 Å². The zero-order valence-electron chi connectivity index (χ0n) is 18.4. The maximum atomic E-state index is 13.1. The number of rotatable bonds is 10. The van der Waals surface area contributed by atoms with Crippen molar-refractivity contribution < 1.29 is 14.3 Å². The molecule has 3 rings (SSSR count). The minimum absolute atomic E-state index is 0.0540. The molecule has 1 atom stereocenters. The van der Waals surface area contributed by atoms with Crippen LogP contribution in [0.5, 0.6) is 5.75 Å². The Morgan fingerprint density at radius 3 is 2.44 bits per heavy atom. The van der Waals surface area contributed by atoms with Crippen LogP contribution in [0.3, 0.4) is 0 Å². The van der Waals surface area contributed by atoms with Gasteiger partial charge in [0, 0.05) is 28.5 Å². The van der Waals surface area contributed by atoms with Gasteiger partial charge in [-0.2, -0.15) is 0 Å². The Kier molecular flexibility index (Phi) is 9.42. The third kappa shape index (κ3) is 7.52. The molecule has 1 N–H and O–H groups in total. The minimum atomic E-state index is -0.538. The quantitative estimate of drug-likeness (QED) is 0.406. The number of carbonyl (C=O) groups is 2. The average molecular weight is 522 g/mol. The molecule has 2 aromatic rings. The van der Waals surface area contributed by atoms with Crippen LogP contribution in [0.1, 0.15) is 51.0 Å². The number of benzene rings is 2. The second kappa shape index (κ2) is 12.3. The summed E-state index contributed by atoms with van der Waals surface area (Å²) in [5.41, 5.74) is 0.986. The molecule has 1 fully saturated rings. The number of carbonyl (C=O) groups excluding carboxylic acids is 2. The van der Waals surface area contributed by atoms with Crippen LogP contribution in [0.2, 0.25) is 5.02 Å². The van der Waals surface area contributed by atoms with Crippen LogP contribution in [0, 0.1) is 0 Å². The highest BCUT2D eigenvalue weighted by atomic mass is 79.9. The SMILES string of the molecule is CC(C(=O)NC1CCCC1)N(Cc1ccc(Br)cc1)C(=O)CCCOc1ccc(Cl)cc1. The summed E-state index contributed by atoms with van der Waals surface area (Å²) in [4.78, 5) is 27.7.